The number of benzene rings is 1. The minimum atomic E-state index is -0.425. The van der Waals surface area contributed by atoms with E-state index in [1.807, 2.05) is 12.1 Å². The fraction of sp³-hybridized carbons (Fsp3) is 0.500. The second-order valence-electron chi connectivity index (χ2n) is 8.57. The number of hydrogen-bond acceptors (Lipinski definition) is 6. The van der Waals surface area contributed by atoms with Gasteiger partial charge in [-0.15, -0.1) is 0 Å². The number of aliphatic hydroxyl groups is 1. The van der Waals surface area contributed by atoms with Gasteiger partial charge in [0.25, 0.3) is 0 Å². The summed E-state index contributed by atoms with van der Waals surface area (Å²) in [6, 6.07) is 5.63. The van der Waals surface area contributed by atoms with E-state index in [-0.39, 0.29) is 12.1 Å². The van der Waals surface area contributed by atoms with Crippen molar-refractivity contribution in [2.24, 2.45) is 5.92 Å². The maximum atomic E-state index is 11.8. The number of nitrogens with one attached hydrogen (secondary N) is 2. The van der Waals surface area contributed by atoms with E-state index in [4.69, 9.17) is 28.3 Å². The molecule has 4 aliphatic rings. The molecule has 1 saturated heterocycles. The molecule has 0 bridgehead atoms. The maximum Gasteiger partial charge on any atom is 0.248 e. The molecule has 2 fully saturated rings. The molecule has 1 aromatic rings. The largest absolute Gasteiger partial charge is 0.387 e. The molecule has 7 nitrogen and oxygen atoms in total. The van der Waals surface area contributed by atoms with Crippen LogP contribution >= 0.6 is 23.2 Å². The summed E-state index contributed by atoms with van der Waals surface area (Å²) in [5.74, 6) is 0.452. The molecule has 3 heterocycles. The molecule has 3 aliphatic heterocycles. The number of halogens is 2. The molecule has 31 heavy (non-hydrogen) atoms. The lowest BCUT2D eigenvalue weighted by atomic mass is 10.1. The Kier molecular flexibility index (Phi) is 5.77. The fourth-order valence-corrected chi connectivity index (χ4v) is 5.06. The van der Waals surface area contributed by atoms with Crippen LogP contribution < -0.4 is 10.6 Å². The van der Waals surface area contributed by atoms with Gasteiger partial charge in [-0.25, -0.2) is 0 Å². The van der Waals surface area contributed by atoms with E-state index < -0.39 is 6.61 Å². The normalized spacial score (nSPS) is 24.0. The Bertz CT molecular complexity index is 938. The third kappa shape index (κ3) is 4.24. The first-order chi connectivity index (χ1) is 15.0. The van der Waals surface area contributed by atoms with Crippen molar-refractivity contribution in [3.8, 4) is 0 Å². The highest BCUT2D eigenvalue weighted by molar-refractivity contribution is 6.35. The van der Waals surface area contributed by atoms with Crippen LogP contribution in [0.15, 0.2) is 35.8 Å². The summed E-state index contributed by atoms with van der Waals surface area (Å²) in [6.07, 6.45) is 4.90. The van der Waals surface area contributed by atoms with Gasteiger partial charge in [-0.3, -0.25) is 9.69 Å². The molecule has 9 heteroatoms. The van der Waals surface area contributed by atoms with Crippen LogP contribution in [0.5, 0.6) is 0 Å². The highest BCUT2D eigenvalue weighted by Gasteiger charge is 2.38. The molecule has 0 aromatic heterocycles. The Morgan fingerprint density at radius 1 is 1.16 bits per heavy atom. The van der Waals surface area contributed by atoms with Crippen LogP contribution in [-0.4, -0.2) is 77.8 Å². The van der Waals surface area contributed by atoms with Crippen LogP contribution in [-0.2, 0) is 4.79 Å². The number of fused-ring (bicyclic) bond motifs is 1. The van der Waals surface area contributed by atoms with E-state index >= 15 is 0 Å². The zero-order valence-corrected chi connectivity index (χ0v) is 18.8. The van der Waals surface area contributed by atoms with Gasteiger partial charge in [0, 0.05) is 61.1 Å². The lowest BCUT2D eigenvalue weighted by Gasteiger charge is -2.37. The second-order valence-corrected chi connectivity index (χ2v) is 9.41. The van der Waals surface area contributed by atoms with E-state index in [0.29, 0.717) is 29.1 Å². The van der Waals surface area contributed by atoms with Crippen LogP contribution in [0.4, 0.5) is 0 Å². The second kappa shape index (κ2) is 8.54. The van der Waals surface area contributed by atoms with Crippen molar-refractivity contribution in [1.29, 1.82) is 0 Å². The number of amides is 1. The average molecular weight is 464 g/mol. The maximum absolute atomic E-state index is 11.8. The van der Waals surface area contributed by atoms with E-state index in [1.54, 1.807) is 11.0 Å². The summed E-state index contributed by atoms with van der Waals surface area (Å²) < 4.78 is 0. The van der Waals surface area contributed by atoms with E-state index in [1.165, 1.54) is 24.2 Å². The summed E-state index contributed by atoms with van der Waals surface area (Å²) >= 11 is 12.7. The molecular weight excluding hydrogens is 437 g/mol. The molecule has 3 N–H and O–H groups in total. The van der Waals surface area contributed by atoms with Crippen molar-refractivity contribution in [1.82, 2.24) is 25.3 Å². The molecule has 166 valence electrons. The van der Waals surface area contributed by atoms with Crippen molar-refractivity contribution in [2.75, 3.05) is 45.9 Å². The third-order valence-corrected chi connectivity index (χ3v) is 7.02. The van der Waals surface area contributed by atoms with Crippen molar-refractivity contribution in [3.05, 3.63) is 51.4 Å². The highest BCUT2D eigenvalue weighted by Crippen LogP contribution is 2.40. The zero-order valence-electron chi connectivity index (χ0n) is 17.3. The van der Waals surface area contributed by atoms with Crippen molar-refractivity contribution in [3.63, 3.8) is 0 Å². The van der Waals surface area contributed by atoms with Crippen molar-refractivity contribution < 1.29 is 9.90 Å². The molecule has 1 unspecified atom stereocenters. The smallest absolute Gasteiger partial charge is 0.248 e. The molecular formula is C22H27Cl2N5O2. The topological polar surface area (TPSA) is 71.1 Å². The quantitative estimate of drug-likeness (QED) is 0.619. The van der Waals surface area contributed by atoms with E-state index in [0.717, 1.165) is 37.4 Å². The Balaban J connectivity index is 1.43. The molecule has 1 aliphatic carbocycles. The number of piperazine rings is 1. The monoisotopic (exact) mass is 463 g/mol. The van der Waals surface area contributed by atoms with Crippen molar-refractivity contribution in [2.45, 2.75) is 19.0 Å². The SMILES string of the molecule is O=C(CO)N1CCN(CC2=C(c3ccc(Cl)cc3Cl)NC3CNC(C4CC4)=CN23)CC1. The Morgan fingerprint density at radius 2 is 1.94 bits per heavy atom. The van der Waals surface area contributed by atoms with Gasteiger partial charge in [-0.2, -0.15) is 0 Å². The molecule has 0 radical (unpaired) electrons. The summed E-state index contributed by atoms with van der Waals surface area (Å²) in [7, 11) is 0. The molecule has 0 spiro atoms. The molecule has 1 atom stereocenters. The number of rotatable bonds is 5. The van der Waals surface area contributed by atoms with E-state index in [2.05, 4.69) is 26.6 Å². The Morgan fingerprint density at radius 3 is 2.61 bits per heavy atom. The number of carbonyl (C=O) groups is 1. The molecule has 1 saturated carbocycles. The first kappa shape index (κ1) is 20.9. The number of allylic oxidation sites excluding steroid dienone is 1. The number of hydrogen-bond donors (Lipinski definition) is 3. The third-order valence-electron chi connectivity index (χ3n) is 6.48. The number of aliphatic hydroxyl groups excluding tert-OH is 1. The van der Waals surface area contributed by atoms with Crippen LogP contribution in [0.2, 0.25) is 10.0 Å². The van der Waals surface area contributed by atoms with Crippen LogP contribution in [0, 0.1) is 5.92 Å². The predicted molar refractivity (Wildman–Crippen MR) is 121 cm³/mol. The summed E-state index contributed by atoms with van der Waals surface area (Å²) in [6.45, 7) is 3.97. The van der Waals surface area contributed by atoms with Crippen molar-refractivity contribution >= 4 is 34.8 Å². The van der Waals surface area contributed by atoms with Gasteiger partial charge in [-0.1, -0.05) is 23.2 Å². The van der Waals surface area contributed by atoms with Gasteiger partial charge < -0.3 is 25.5 Å². The van der Waals surface area contributed by atoms with Crippen LogP contribution in [0.25, 0.3) is 5.70 Å². The van der Waals surface area contributed by atoms with E-state index in [9.17, 15) is 4.79 Å². The number of carbonyl (C=O) groups excluding carboxylic acids is 1. The Labute approximate surface area is 192 Å². The lowest BCUT2D eigenvalue weighted by molar-refractivity contribution is -0.135. The van der Waals surface area contributed by atoms with Gasteiger partial charge in [0.2, 0.25) is 5.91 Å². The van der Waals surface area contributed by atoms with Gasteiger partial charge in [0.15, 0.2) is 0 Å². The fourth-order valence-electron chi connectivity index (χ4n) is 4.56. The predicted octanol–water partition coefficient (Wildman–Crippen LogP) is 1.88. The first-order valence-electron chi connectivity index (χ1n) is 10.8. The summed E-state index contributed by atoms with van der Waals surface area (Å²) in [4.78, 5) is 18.2. The minimum Gasteiger partial charge on any atom is -0.387 e. The van der Waals surface area contributed by atoms with Crippen LogP contribution in [0.3, 0.4) is 0 Å². The van der Waals surface area contributed by atoms with Crippen LogP contribution in [0.1, 0.15) is 18.4 Å². The van der Waals surface area contributed by atoms with Gasteiger partial charge in [0.1, 0.15) is 12.8 Å². The Hall–Kier alpha value is -1.93. The van der Waals surface area contributed by atoms with Gasteiger partial charge in [0.05, 0.1) is 23.0 Å². The van der Waals surface area contributed by atoms with Gasteiger partial charge in [-0.05, 0) is 31.0 Å². The molecule has 5 rings (SSSR count). The number of nitrogens with zero attached hydrogens (tertiary/aromatic N) is 3. The van der Waals surface area contributed by atoms with Gasteiger partial charge >= 0.3 is 0 Å². The zero-order chi connectivity index (χ0) is 21.5. The highest BCUT2D eigenvalue weighted by atomic mass is 35.5. The minimum absolute atomic E-state index is 0.136. The molecule has 1 aromatic carbocycles. The molecule has 1 amide bonds. The standard InChI is InChI=1S/C22H27Cl2N5O2/c23-15-3-4-16(17(24)9-15)22-19(12-27-5-7-28(8-6-27)21(31)13-30)29-11-18(14-1-2-14)25-10-20(29)26-22/h3-4,9,11,14,20,25-26,30H,1-2,5-8,10,12-13H2. The lowest BCUT2D eigenvalue weighted by Crippen LogP contribution is -2.51. The first-order valence-corrected chi connectivity index (χ1v) is 11.6. The average Bonchev–Trinajstić information content (AvgIpc) is 3.57. The summed E-state index contributed by atoms with van der Waals surface area (Å²) in [5.41, 5.74) is 4.50. The summed E-state index contributed by atoms with van der Waals surface area (Å²) in [5, 5.41) is 17.6.